The van der Waals surface area contributed by atoms with Crippen LogP contribution in [0.1, 0.15) is 43.0 Å². The molecule has 1 aromatic carbocycles. The second kappa shape index (κ2) is 8.20. The number of amides is 1. The van der Waals surface area contributed by atoms with E-state index in [0.29, 0.717) is 17.3 Å². The van der Waals surface area contributed by atoms with E-state index in [-0.39, 0.29) is 17.2 Å². The van der Waals surface area contributed by atoms with Gasteiger partial charge < -0.3 is 19.5 Å². The Morgan fingerprint density at radius 2 is 1.81 bits per heavy atom. The maximum Gasteiger partial charge on any atom is 0.327 e. The molecule has 0 radical (unpaired) electrons. The van der Waals surface area contributed by atoms with E-state index in [1.54, 1.807) is 25.2 Å². The quantitative estimate of drug-likeness (QED) is 0.846. The summed E-state index contributed by atoms with van der Waals surface area (Å²) in [4.78, 5) is 26.5. The zero-order chi connectivity index (χ0) is 18.7. The van der Waals surface area contributed by atoms with Gasteiger partial charge in [-0.2, -0.15) is 0 Å². The Hall–Kier alpha value is -1.89. The molecular weight excluding hydrogens is 354 g/mol. The number of carboxylic acids is 1. The molecule has 1 aliphatic carbocycles. The number of hydrogen-bond donors (Lipinski definition) is 1. The summed E-state index contributed by atoms with van der Waals surface area (Å²) in [7, 11) is 3.13. The number of benzene rings is 1. The van der Waals surface area contributed by atoms with Crippen LogP contribution in [-0.2, 0) is 9.59 Å². The van der Waals surface area contributed by atoms with Gasteiger partial charge in [-0.3, -0.25) is 4.79 Å². The molecule has 1 heterocycles. The maximum absolute atomic E-state index is 13.2. The molecule has 0 spiro atoms. The molecule has 0 unspecified atom stereocenters. The zero-order valence-electron chi connectivity index (χ0n) is 15.1. The normalized spacial score (nSPS) is 23.7. The number of aliphatic carboxylic acids is 1. The van der Waals surface area contributed by atoms with Gasteiger partial charge in [-0.15, -0.1) is 11.8 Å². The second-order valence-electron chi connectivity index (χ2n) is 6.73. The summed E-state index contributed by atoms with van der Waals surface area (Å²) in [6.07, 6.45) is 4.93. The molecule has 1 aliphatic heterocycles. The van der Waals surface area contributed by atoms with Crippen molar-refractivity contribution in [1.29, 1.82) is 0 Å². The molecule has 26 heavy (non-hydrogen) atoms. The summed E-state index contributed by atoms with van der Waals surface area (Å²) in [5.74, 6) is 0.555. The number of carbonyl (C=O) groups is 2. The Morgan fingerprint density at radius 1 is 1.12 bits per heavy atom. The van der Waals surface area contributed by atoms with Crippen LogP contribution in [0.3, 0.4) is 0 Å². The predicted molar refractivity (Wildman–Crippen MR) is 99.6 cm³/mol. The fraction of sp³-hybridized carbons (Fsp3) is 0.579. The van der Waals surface area contributed by atoms with Crippen molar-refractivity contribution >= 4 is 23.6 Å². The molecule has 2 atom stereocenters. The van der Waals surface area contributed by atoms with E-state index < -0.39 is 12.0 Å². The van der Waals surface area contributed by atoms with Crippen molar-refractivity contribution in [2.75, 3.05) is 20.0 Å². The van der Waals surface area contributed by atoms with E-state index in [0.717, 1.165) is 37.7 Å². The molecule has 1 saturated heterocycles. The van der Waals surface area contributed by atoms with Gasteiger partial charge in [0, 0.05) is 11.7 Å². The molecule has 1 saturated carbocycles. The third-order valence-electron chi connectivity index (χ3n) is 5.19. The number of nitrogens with zero attached hydrogens (tertiary/aromatic N) is 1. The molecule has 6 nitrogen and oxygen atoms in total. The Balaban J connectivity index is 1.91. The number of carbonyl (C=O) groups excluding carboxylic acids is 1. The van der Waals surface area contributed by atoms with Crippen LogP contribution in [0.5, 0.6) is 11.5 Å². The van der Waals surface area contributed by atoms with Crippen molar-refractivity contribution < 1.29 is 24.2 Å². The van der Waals surface area contributed by atoms with E-state index in [4.69, 9.17) is 9.47 Å². The SMILES string of the molecule is COc1ccc([C@H]2SC[C@@H](C(=O)O)N2C(=O)C2CCCCC2)cc1OC. The molecule has 1 amide bonds. The van der Waals surface area contributed by atoms with Crippen LogP contribution in [0.15, 0.2) is 18.2 Å². The van der Waals surface area contributed by atoms with Gasteiger partial charge in [0.25, 0.3) is 0 Å². The van der Waals surface area contributed by atoms with E-state index in [1.165, 1.54) is 11.8 Å². The van der Waals surface area contributed by atoms with Crippen LogP contribution in [0.25, 0.3) is 0 Å². The van der Waals surface area contributed by atoms with Crippen molar-refractivity contribution in [3.05, 3.63) is 23.8 Å². The number of ether oxygens (including phenoxy) is 2. The highest BCUT2D eigenvalue weighted by atomic mass is 32.2. The minimum atomic E-state index is -0.940. The smallest absolute Gasteiger partial charge is 0.327 e. The van der Waals surface area contributed by atoms with Crippen molar-refractivity contribution in [3.63, 3.8) is 0 Å². The van der Waals surface area contributed by atoms with Crippen molar-refractivity contribution in [2.24, 2.45) is 5.92 Å². The maximum atomic E-state index is 13.2. The lowest BCUT2D eigenvalue weighted by atomic mass is 9.88. The van der Waals surface area contributed by atoms with Gasteiger partial charge in [0.2, 0.25) is 5.91 Å². The van der Waals surface area contributed by atoms with Gasteiger partial charge in [-0.1, -0.05) is 25.3 Å². The average Bonchev–Trinajstić information content (AvgIpc) is 3.12. The summed E-state index contributed by atoms with van der Waals surface area (Å²) >= 11 is 1.49. The zero-order valence-corrected chi connectivity index (χ0v) is 16.0. The van der Waals surface area contributed by atoms with Gasteiger partial charge in [0.05, 0.1) is 14.2 Å². The Bertz CT molecular complexity index is 674. The average molecular weight is 379 g/mol. The predicted octanol–water partition coefficient (Wildman–Crippen LogP) is 3.31. The van der Waals surface area contributed by atoms with Crippen LogP contribution in [-0.4, -0.2) is 47.9 Å². The number of methoxy groups -OCH3 is 2. The molecule has 3 rings (SSSR count). The fourth-order valence-electron chi connectivity index (χ4n) is 3.79. The van der Waals surface area contributed by atoms with Gasteiger partial charge in [0.1, 0.15) is 11.4 Å². The first-order valence-corrected chi connectivity index (χ1v) is 10.00. The molecule has 142 valence electrons. The number of hydrogen-bond acceptors (Lipinski definition) is 5. The highest BCUT2D eigenvalue weighted by Gasteiger charge is 2.44. The topological polar surface area (TPSA) is 76.1 Å². The van der Waals surface area contributed by atoms with Crippen molar-refractivity contribution in [3.8, 4) is 11.5 Å². The molecule has 2 fully saturated rings. The van der Waals surface area contributed by atoms with Gasteiger partial charge >= 0.3 is 5.97 Å². The first-order valence-electron chi connectivity index (χ1n) is 8.95. The van der Waals surface area contributed by atoms with Gasteiger partial charge in [-0.25, -0.2) is 4.79 Å². The summed E-state index contributed by atoms with van der Waals surface area (Å²) in [6.45, 7) is 0. The molecule has 2 aliphatic rings. The highest BCUT2D eigenvalue weighted by molar-refractivity contribution is 7.99. The van der Waals surface area contributed by atoms with Crippen molar-refractivity contribution in [1.82, 2.24) is 4.90 Å². The van der Waals surface area contributed by atoms with Crippen molar-refractivity contribution in [2.45, 2.75) is 43.5 Å². The van der Waals surface area contributed by atoms with E-state index in [1.807, 2.05) is 12.1 Å². The Labute approximate surface area is 157 Å². The molecule has 0 aromatic heterocycles. The number of rotatable bonds is 5. The van der Waals surface area contributed by atoms with Crippen LogP contribution in [0, 0.1) is 5.92 Å². The third kappa shape index (κ3) is 3.63. The number of carboxylic acid groups (broad SMARTS) is 1. The summed E-state index contributed by atoms with van der Waals surface area (Å²) < 4.78 is 10.6. The lowest BCUT2D eigenvalue weighted by molar-refractivity contribution is -0.151. The second-order valence-corrected chi connectivity index (χ2v) is 7.85. The minimum Gasteiger partial charge on any atom is -0.493 e. The molecule has 0 bridgehead atoms. The first-order chi connectivity index (χ1) is 12.6. The van der Waals surface area contributed by atoms with E-state index >= 15 is 0 Å². The fourth-order valence-corrected chi connectivity index (χ4v) is 5.21. The summed E-state index contributed by atoms with van der Waals surface area (Å²) in [5, 5.41) is 9.31. The Kier molecular flexibility index (Phi) is 5.96. The standard InChI is InChI=1S/C19H25NO5S/c1-24-15-9-8-13(10-16(15)25-2)18-20(14(11-26-18)19(22)23)17(21)12-6-4-3-5-7-12/h8-10,12,14,18H,3-7,11H2,1-2H3,(H,22,23)/t14-,18+/m0/s1. The summed E-state index contributed by atoms with van der Waals surface area (Å²) in [6, 6.07) is 4.73. The minimum absolute atomic E-state index is 0.0260. The van der Waals surface area contributed by atoms with E-state index in [9.17, 15) is 14.7 Å². The van der Waals surface area contributed by atoms with Gasteiger partial charge in [0.15, 0.2) is 11.5 Å². The summed E-state index contributed by atoms with van der Waals surface area (Å²) in [5.41, 5.74) is 0.862. The molecule has 7 heteroatoms. The Morgan fingerprint density at radius 3 is 2.42 bits per heavy atom. The van der Waals surface area contributed by atoms with Gasteiger partial charge in [-0.05, 0) is 30.5 Å². The molecular formula is C19H25NO5S. The lowest BCUT2D eigenvalue weighted by Crippen LogP contribution is -2.46. The van der Waals surface area contributed by atoms with Crippen LogP contribution in [0.4, 0.5) is 0 Å². The number of thioether (sulfide) groups is 1. The monoisotopic (exact) mass is 379 g/mol. The largest absolute Gasteiger partial charge is 0.493 e. The third-order valence-corrected chi connectivity index (χ3v) is 6.51. The molecule has 1 aromatic rings. The highest BCUT2D eigenvalue weighted by Crippen LogP contribution is 2.45. The van der Waals surface area contributed by atoms with Crippen LogP contribution >= 0.6 is 11.8 Å². The van der Waals surface area contributed by atoms with Crippen LogP contribution < -0.4 is 9.47 Å². The first kappa shape index (κ1) is 18.9. The lowest BCUT2D eigenvalue weighted by Gasteiger charge is -2.32. The van der Waals surface area contributed by atoms with Crippen LogP contribution in [0.2, 0.25) is 0 Å². The molecule has 1 N–H and O–H groups in total. The van der Waals surface area contributed by atoms with E-state index in [2.05, 4.69) is 0 Å².